The molecule has 0 saturated carbocycles. The quantitative estimate of drug-likeness (QED) is 0.786. The van der Waals surface area contributed by atoms with Gasteiger partial charge in [0.25, 0.3) is 5.91 Å². The monoisotopic (exact) mass is 308 g/mol. The predicted octanol–water partition coefficient (Wildman–Crippen LogP) is 2.93. The zero-order valence-electron chi connectivity index (χ0n) is 12.0. The summed E-state index contributed by atoms with van der Waals surface area (Å²) in [4.78, 5) is 17.2. The number of nitrogens with zero attached hydrogens (tertiary/aromatic N) is 1. The SMILES string of the molecule is CCCC(CCO)CNC(=O)c1ncoc1-c1cccs1. The third-order valence-electron chi connectivity index (χ3n) is 3.31. The lowest BCUT2D eigenvalue weighted by atomic mass is 10.0. The molecule has 5 nitrogen and oxygen atoms in total. The van der Waals surface area contributed by atoms with E-state index in [1.165, 1.54) is 17.7 Å². The van der Waals surface area contributed by atoms with Crippen molar-refractivity contribution in [2.45, 2.75) is 26.2 Å². The van der Waals surface area contributed by atoms with Gasteiger partial charge in [0.2, 0.25) is 0 Å². The van der Waals surface area contributed by atoms with E-state index in [0.717, 1.165) is 17.7 Å². The summed E-state index contributed by atoms with van der Waals surface area (Å²) in [6, 6.07) is 3.80. The number of aliphatic hydroxyl groups is 1. The molecule has 1 amide bonds. The summed E-state index contributed by atoms with van der Waals surface area (Å²) >= 11 is 1.51. The second kappa shape index (κ2) is 7.95. The molecule has 0 aliphatic carbocycles. The number of amides is 1. The molecule has 6 heteroatoms. The summed E-state index contributed by atoms with van der Waals surface area (Å²) in [5, 5.41) is 13.9. The minimum Gasteiger partial charge on any atom is -0.442 e. The van der Waals surface area contributed by atoms with Gasteiger partial charge >= 0.3 is 0 Å². The number of hydrogen-bond acceptors (Lipinski definition) is 5. The number of rotatable bonds is 8. The number of hydrogen-bond donors (Lipinski definition) is 2. The van der Waals surface area contributed by atoms with Crippen molar-refractivity contribution in [2.75, 3.05) is 13.2 Å². The minimum atomic E-state index is -0.230. The Bertz CT molecular complexity index is 545. The van der Waals surface area contributed by atoms with Gasteiger partial charge < -0.3 is 14.8 Å². The first-order chi connectivity index (χ1) is 10.3. The molecular weight excluding hydrogens is 288 g/mol. The van der Waals surface area contributed by atoms with Gasteiger partial charge in [0.15, 0.2) is 17.8 Å². The minimum absolute atomic E-state index is 0.144. The lowest BCUT2D eigenvalue weighted by Gasteiger charge is -2.15. The zero-order valence-corrected chi connectivity index (χ0v) is 12.9. The van der Waals surface area contributed by atoms with E-state index in [-0.39, 0.29) is 12.5 Å². The van der Waals surface area contributed by atoms with Crippen LogP contribution >= 0.6 is 11.3 Å². The fourth-order valence-electron chi connectivity index (χ4n) is 2.25. The number of nitrogens with one attached hydrogen (secondary N) is 1. The number of oxazole rings is 1. The van der Waals surface area contributed by atoms with E-state index >= 15 is 0 Å². The van der Waals surface area contributed by atoms with Crippen LogP contribution in [0, 0.1) is 5.92 Å². The molecule has 1 unspecified atom stereocenters. The van der Waals surface area contributed by atoms with E-state index in [4.69, 9.17) is 9.52 Å². The standard InChI is InChI=1S/C15H20N2O3S/c1-2-4-11(6-7-18)9-16-15(19)13-14(20-10-17-13)12-5-3-8-21-12/h3,5,8,10-11,18H,2,4,6-7,9H2,1H3,(H,16,19). The van der Waals surface area contributed by atoms with E-state index in [1.807, 2.05) is 17.5 Å². The molecule has 0 radical (unpaired) electrons. The maximum Gasteiger partial charge on any atom is 0.273 e. The first-order valence-electron chi connectivity index (χ1n) is 7.12. The highest BCUT2D eigenvalue weighted by atomic mass is 32.1. The van der Waals surface area contributed by atoms with Crippen molar-refractivity contribution in [1.29, 1.82) is 0 Å². The van der Waals surface area contributed by atoms with Crippen LogP contribution in [0.25, 0.3) is 10.6 Å². The summed E-state index contributed by atoms with van der Waals surface area (Å²) in [6.07, 6.45) is 4.01. The molecular formula is C15H20N2O3S. The topological polar surface area (TPSA) is 75.4 Å². The Balaban J connectivity index is 1.99. The van der Waals surface area contributed by atoms with Crippen LogP contribution < -0.4 is 5.32 Å². The van der Waals surface area contributed by atoms with E-state index in [1.54, 1.807) is 0 Å². The van der Waals surface area contributed by atoms with Crippen LogP contribution in [0.5, 0.6) is 0 Å². The fraction of sp³-hybridized carbons (Fsp3) is 0.467. The highest BCUT2D eigenvalue weighted by Crippen LogP contribution is 2.27. The largest absolute Gasteiger partial charge is 0.442 e. The summed E-state index contributed by atoms with van der Waals surface area (Å²) in [7, 11) is 0. The highest BCUT2D eigenvalue weighted by Gasteiger charge is 2.19. The van der Waals surface area contributed by atoms with E-state index in [9.17, 15) is 4.79 Å². The number of aliphatic hydroxyl groups excluding tert-OH is 1. The second-order valence-electron chi connectivity index (χ2n) is 4.88. The highest BCUT2D eigenvalue weighted by molar-refractivity contribution is 7.13. The second-order valence-corrected chi connectivity index (χ2v) is 5.83. The maximum atomic E-state index is 12.2. The smallest absolute Gasteiger partial charge is 0.273 e. The third-order valence-corrected chi connectivity index (χ3v) is 4.18. The van der Waals surface area contributed by atoms with E-state index in [0.29, 0.717) is 30.3 Å². The Morgan fingerprint density at radius 1 is 1.52 bits per heavy atom. The summed E-state index contributed by atoms with van der Waals surface area (Å²) < 4.78 is 5.33. The van der Waals surface area contributed by atoms with Crippen LogP contribution in [0.1, 0.15) is 36.7 Å². The van der Waals surface area contributed by atoms with Crippen molar-refractivity contribution in [2.24, 2.45) is 5.92 Å². The molecule has 0 aliphatic rings. The molecule has 0 bridgehead atoms. The maximum absolute atomic E-state index is 12.2. The molecule has 21 heavy (non-hydrogen) atoms. The average Bonchev–Trinajstić information content (AvgIpc) is 3.14. The summed E-state index contributed by atoms with van der Waals surface area (Å²) in [5.74, 6) is 0.573. The zero-order chi connectivity index (χ0) is 15.1. The molecule has 0 saturated heterocycles. The van der Waals surface area contributed by atoms with Gasteiger partial charge in [-0.2, -0.15) is 0 Å². The lowest BCUT2D eigenvalue weighted by molar-refractivity contribution is 0.0939. The van der Waals surface area contributed by atoms with Crippen LogP contribution in [-0.4, -0.2) is 29.1 Å². The van der Waals surface area contributed by atoms with Gasteiger partial charge in [0, 0.05) is 13.2 Å². The van der Waals surface area contributed by atoms with Gasteiger partial charge in [-0.25, -0.2) is 4.98 Å². The van der Waals surface area contributed by atoms with E-state index < -0.39 is 0 Å². The Morgan fingerprint density at radius 3 is 3.05 bits per heavy atom. The van der Waals surface area contributed by atoms with Crippen molar-refractivity contribution < 1.29 is 14.3 Å². The molecule has 0 aliphatic heterocycles. The van der Waals surface area contributed by atoms with Crippen LogP contribution in [0.15, 0.2) is 28.3 Å². The summed E-state index contributed by atoms with van der Waals surface area (Å²) in [6.45, 7) is 2.79. The van der Waals surface area contributed by atoms with Crippen molar-refractivity contribution in [1.82, 2.24) is 10.3 Å². The first-order valence-corrected chi connectivity index (χ1v) is 8.00. The van der Waals surface area contributed by atoms with Crippen molar-refractivity contribution >= 4 is 17.2 Å². The first kappa shape index (κ1) is 15.7. The van der Waals surface area contributed by atoms with Gasteiger partial charge in [-0.15, -0.1) is 11.3 Å². The van der Waals surface area contributed by atoms with Gasteiger partial charge in [-0.05, 0) is 30.2 Å². The van der Waals surface area contributed by atoms with Gasteiger partial charge in [-0.1, -0.05) is 19.4 Å². The predicted molar refractivity (Wildman–Crippen MR) is 82.3 cm³/mol. The Kier molecular flexibility index (Phi) is 5.95. The van der Waals surface area contributed by atoms with Crippen LogP contribution in [0.3, 0.4) is 0 Å². The molecule has 1 atom stereocenters. The molecule has 2 heterocycles. The number of aromatic nitrogens is 1. The molecule has 0 spiro atoms. The van der Waals surface area contributed by atoms with Crippen molar-refractivity contribution in [3.05, 3.63) is 29.6 Å². The molecule has 2 rings (SSSR count). The van der Waals surface area contributed by atoms with Crippen LogP contribution in [-0.2, 0) is 0 Å². The molecule has 0 fully saturated rings. The normalized spacial score (nSPS) is 12.3. The van der Waals surface area contributed by atoms with Gasteiger partial charge in [0.05, 0.1) is 4.88 Å². The Morgan fingerprint density at radius 2 is 2.38 bits per heavy atom. The number of carbonyl (C=O) groups is 1. The summed E-state index contributed by atoms with van der Waals surface area (Å²) in [5.41, 5.74) is 0.316. The van der Waals surface area contributed by atoms with E-state index in [2.05, 4.69) is 17.2 Å². The third kappa shape index (κ3) is 4.15. The molecule has 0 aromatic carbocycles. The molecule has 2 aromatic heterocycles. The number of thiophene rings is 1. The average molecular weight is 308 g/mol. The van der Waals surface area contributed by atoms with Gasteiger partial charge in [0.1, 0.15) is 0 Å². The molecule has 2 N–H and O–H groups in total. The fourth-order valence-corrected chi connectivity index (χ4v) is 2.96. The lowest BCUT2D eigenvalue weighted by Crippen LogP contribution is -2.30. The number of carbonyl (C=O) groups excluding carboxylic acids is 1. The van der Waals surface area contributed by atoms with Crippen LogP contribution in [0.2, 0.25) is 0 Å². The Labute approximate surface area is 128 Å². The molecule has 114 valence electrons. The Hall–Kier alpha value is -1.66. The molecule has 2 aromatic rings. The van der Waals surface area contributed by atoms with Gasteiger partial charge in [-0.3, -0.25) is 4.79 Å². The van der Waals surface area contributed by atoms with Crippen molar-refractivity contribution in [3.63, 3.8) is 0 Å². The van der Waals surface area contributed by atoms with Crippen molar-refractivity contribution in [3.8, 4) is 10.6 Å². The van der Waals surface area contributed by atoms with Crippen LogP contribution in [0.4, 0.5) is 0 Å².